The summed E-state index contributed by atoms with van der Waals surface area (Å²) in [6.45, 7) is 0. The van der Waals surface area contributed by atoms with E-state index in [-0.39, 0.29) is 4.47 Å². The Labute approximate surface area is 85.2 Å². The number of nitrogens with zero attached hydrogens (tertiary/aromatic N) is 2. The fourth-order valence-electron chi connectivity index (χ4n) is 0.839. The summed E-state index contributed by atoms with van der Waals surface area (Å²) < 4.78 is 24.5. The van der Waals surface area contributed by atoms with Gasteiger partial charge in [-0.25, -0.2) is 8.78 Å². The maximum absolute atomic E-state index is 12.3. The van der Waals surface area contributed by atoms with Crippen molar-refractivity contribution in [2.24, 2.45) is 0 Å². The maximum atomic E-state index is 12.3. The number of hydrogen-bond donors (Lipinski definition) is 1. The van der Waals surface area contributed by atoms with Crippen molar-refractivity contribution in [1.29, 1.82) is 0 Å². The minimum atomic E-state index is -2.82. The molecule has 2 N–H and O–H groups in total. The molecule has 14 heavy (non-hydrogen) atoms. The van der Waals surface area contributed by atoms with E-state index in [2.05, 4.69) is 20.9 Å². The van der Waals surface area contributed by atoms with Crippen LogP contribution < -0.4 is 5.73 Å². The molecule has 0 atom stereocenters. The normalized spacial score (nSPS) is 10.6. The van der Waals surface area contributed by atoms with Crippen LogP contribution in [0.3, 0.4) is 0 Å². The molecule has 0 amide bonds. The number of nitro groups is 1. The summed E-state index contributed by atoms with van der Waals surface area (Å²) in [5.74, 6) is -1.11. The van der Waals surface area contributed by atoms with Crippen molar-refractivity contribution in [2.45, 2.75) is 6.43 Å². The summed E-state index contributed by atoms with van der Waals surface area (Å²) >= 11 is 2.76. The Kier molecular flexibility index (Phi) is 2.94. The molecular weight excluding hydrogens is 264 g/mol. The van der Waals surface area contributed by atoms with Gasteiger partial charge in [0.2, 0.25) is 5.82 Å². The lowest BCUT2D eigenvalue weighted by molar-refractivity contribution is -0.389. The molecule has 1 heterocycles. The third-order valence-corrected chi connectivity index (χ3v) is 2.09. The number of rotatable bonds is 2. The van der Waals surface area contributed by atoms with Gasteiger partial charge in [-0.05, 0) is 25.8 Å². The highest BCUT2D eigenvalue weighted by molar-refractivity contribution is 9.10. The number of nitrogen functional groups attached to an aromatic ring is 1. The monoisotopic (exact) mass is 267 g/mol. The van der Waals surface area contributed by atoms with Gasteiger partial charge in [-0.1, -0.05) is 0 Å². The average Bonchev–Trinajstić information content (AvgIpc) is 2.01. The summed E-state index contributed by atoms with van der Waals surface area (Å²) in [5, 5.41) is 10.3. The highest BCUT2D eigenvalue weighted by Gasteiger charge is 2.23. The third kappa shape index (κ3) is 1.95. The van der Waals surface area contributed by atoms with Crippen LogP contribution in [0.4, 0.5) is 20.4 Å². The zero-order valence-electron chi connectivity index (χ0n) is 6.58. The first-order chi connectivity index (χ1) is 6.43. The predicted octanol–water partition coefficient (Wildman–Crippen LogP) is 2.27. The molecule has 8 heteroatoms. The quantitative estimate of drug-likeness (QED) is 0.658. The molecule has 0 aliphatic rings. The molecular formula is C6H4BrF2N3O2. The number of anilines is 1. The van der Waals surface area contributed by atoms with Gasteiger partial charge in [0.15, 0.2) is 0 Å². The largest absolute Gasteiger partial charge is 0.366 e. The number of alkyl halides is 2. The van der Waals surface area contributed by atoms with E-state index in [0.717, 1.165) is 6.07 Å². The first-order valence-corrected chi connectivity index (χ1v) is 4.11. The smallest absolute Gasteiger partial charge is 0.362 e. The van der Waals surface area contributed by atoms with Gasteiger partial charge in [-0.3, -0.25) is 0 Å². The van der Waals surface area contributed by atoms with E-state index in [0.29, 0.717) is 0 Å². The molecule has 1 aromatic heterocycles. The molecule has 76 valence electrons. The highest BCUT2D eigenvalue weighted by atomic mass is 79.9. The van der Waals surface area contributed by atoms with Crippen LogP contribution in [0.2, 0.25) is 0 Å². The van der Waals surface area contributed by atoms with E-state index in [1.54, 1.807) is 0 Å². The SMILES string of the molecule is Nc1nc([N+](=O)[O-])cc(Br)c1C(F)F. The van der Waals surface area contributed by atoms with Crippen molar-refractivity contribution < 1.29 is 13.7 Å². The Morgan fingerprint density at radius 2 is 2.21 bits per heavy atom. The van der Waals surface area contributed by atoms with Crippen LogP contribution in [0, 0.1) is 10.1 Å². The summed E-state index contributed by atoms with van der Waals surface area (Å²) in [6.07, 6.45) is -2.82. The summed E-state index contributed by atoms with van der Waals surface area (Å²) in [4.78, 5) is 12.7. The lowest BCUT2D eigenvalue weighted by Gasteiger charge is -2.02. The van der Waals surface area contributed by atoms with Gasteiger partial charge in [0.05, 0.1) is 6.07 Å². The lowest BCUT2D eigenvalue weighted by Crippen LogP contribution is -2.02. The van der Waals surface area contributed by atoms with Crippen molar-refractivity contribution in [2.75, 3.05) is 5.73 Å². The van der Waals surface area contributed by atoms with Crippen LogP contribution in [-0.2, 0) is 0 Å². The fourth-order valence-corrected chi connectivity index (χ4v) is 1.42. The van der Waals surface area contributed by atoms with Crippen molar-refractivity contribution in [3.63, 3.8) is 0 Å². The first-order valence-electron chi connectivity index (χ1n) is 3.32. The summed E-state index contributed by atoms with van der Waals surface area (Å²) in [5.41, 5.74) is 4.60. The van der Waals surface area contributed by atoms with Crippen LogP contribution >= 0.6 is 15.9 Å². The van der Waals surface area contributed by atoms with Gasteiger partial charge < -0.3 is 15.8 Å². The number of aromatic nitrogens is 1. The number of hydrogen-bond acceptors (Lipinski definition) is 4. The Balaban J connectivity index is 3.32. The zero-order valence-corrected chi connectivity index (χ0v) is 8.16. The van der Waals surface area contributed by atoms with Crippen molar-refractivity contribution in [3.05, 3.63) is 26.2 Å². The van der Waals surface area contributed by atoms with Gasteiger partial charge in [-0.2, -0.15) is 0 Å². The predicted molar refractivity (Wildman–Crippen MR) is 48.0 cm³/mol. The highest BCUT2D eigenvalue weighted by Crippen LogP contribution is 2.33. The Bertz CT molecular complexity index is 362. The number of pyridine rings is 1. The third-order valence-electron chi connectivity index (χ3n) is 1.43. The molecule has 0 aromatic carbocycles. The zero-order chi connectivity index (χ0) is 10.9. The first kappa shape index (κ1) is 10.8. The molecule has 0 saturated carbocycles. The van der Waals surface area contributed by atoms with Gasteiger partial charge in [-0.15, -0.1) is 0 Å². The minimum Gasteiger partial charge on any atom is -0.362 e. The molecule has 0 radical (unpaired) electrons. The number of halogens is 3. The summed E-state index contributed by atoms with van der Waals surface area (Å²) in [6, 6.07) is 0.887. The van der Waals surface area contributed by atoms with Crippen molar-refractivity contribution >= 4 is 27.6 Å². The van der Waals surface area contributed by atoms with Gasteiger partial charge >= 0.3 is 5.82 Å². The van der Waals surface area contributed by atoms with E-state index >= 15 is 0 Å². The standard InChI is InChI=1S/C6H4BrF2N3O2/c7-2-1-3(12(13)14)11-6(10)4(2)5(8)9/h1,5H,(H2,10,11). The van der Waals surface area contributed by atoms with Crippen molar-refractivity contribution in [1.82, 2.24) is 4.98 Å². The van der Waals surface area contributed by atoms with Crippen LogP contribution in [0.5, 0.6) is 0 Å². The van der Waals surface area contributed by atoms with E-state index in [9.17, 15) is 18.9 Å². The van der Waals surface area contributed by atoms with Crippen LogP contribution in [0.25, 0.3) is 0 Å². The fraction of sp³-hybridized carbons (Fsp3) is 0.167. The maximum Gasteiger partial charge on any atom is 0.366 e. The Morgan fingerprint density at radius 1 is 1.64 bits per heavy atom. The molecule has 0 unspecified atom stereocenters. The average molecular weight is 268 g/mol. The number of nitrogens with two attached hydrogens (primary N) is 1. The molecule has 0 fully saturated rings. The molecule has 0 spiro atoms. The molecule has 0 aliphatic heterocycles. The summed E-state index contributed by atoms with van der Waals surface area (Å²) in [7, 11) is 0. The molecule has 1 rings (SSSR count). The molecule has 0 aliphatic carbocycles. The molecule has 1 aromatic rings. The second-order valence-corrected chi connectivity index (χ2v) is 3.17. The van der Waals surface area contributed by atoms with Crippen LogP contribution in [0.1, 0.15) is 12.0 Å². The molecule has 0 bridgehead atoms. The van der Waals surface area contributed by atoms with Gasteiger partial charge in [0, 0.05) is 4.47 Å². The van der Waals surface area contributed by atoms with E-state index in [4.69, 9.17) is 5.73 Å². The minimum absolute atomic E-state index is 0.119. The Morgan fingerprint density at radius 3 is 2.57 bits per heavy atom. The Hall–Kier alpha value is -1.31. The van der Waals surface area contributed by atoms with Gasteiger partial charge in [0.1, 0.15) is 5.56 Å². The van der Waals surface area contributed by atoms with E-state index in [1.807, 2.05) is 0 Å². The second-order valence-electron chi connectivity index (χ2n) is 2.32. The van der Waals surface area contributed by atoms with Crippen molar-refractivity contribution in [3.8, 4) is 0 Å². The van der Waals surface area contributed by atoms with E-state index < -0.39 is 28.5 Å². The molecule has 0 saturated heterocycles. The topological polar surface area (TPSA) is 82.0 Å². The van der Waals surface area contributed by atoms with Gasteiger partial charge in [0.25, 0.3) is 6.43 Å². The van der Waals surface area contributed by atoms with Crippen LogP contribution in [0.15, 0.2) is 10.5 Å². The van der Waals surface area contributed by atoms with Crippen LogP contribution in [-0.4, -0.2) is 9.91 Å². The van der Waals surface area contributed by atoms with E-state index in [1.165, 1.54) is 0 Å². The molecule has 5 nitrogen and oxygen atoms in total. The second kappa shape index (κ2) is 3.82. The lowest BCUT2D eigenvalue weighted by atomic mass is 10.2.